The van der Waals surface area contributed by atoms with Gasteiger partial charge in [0.15, 0.2) is 6.61 Å². The molecule has 1 N–H and O–H groups in total. The minimum Gasteiger partial charge on any atom is -0.483 e. The number of carbonyl (C=O) groups excluding carboxylic acids is 1. The maximum atomic E-state index is 12.6. The number of hydrogen-bond acceptors (Lipinski definition) is 3. The average molecular weight is 341 g/mol. The molecule has 0 radical (unpaired) electrons. The molecule has 0 saturated carbocycles. The molecule has 0 spiro atoms. The smallest absolute Gasteiger partial charge is 0.260 e. The molecule has 23 heavy (non-hydrogen) atoms. The molecule has 0 aromatic heterocycles. The molecular formula is C18H29ClN2O2. The van der Waals surface area contributed by atoms with E-state index in [1.54, 1.807) is 0 Å². The summed E-state index contributed by atoms with van der Waals surface area (Å²) >= 11 is 0. The highest BCUT2D eigenvalue weighted by molar-refractivity contribution is 5.85. The van der Waals surface area contributed by atoms with Gasteiger partial charge >= 0.3 is 0 Å². The van der Waals surface area contributed by atoms with Crippen molar-refractivity contribution in [1.29, 1.82) is 0 Å². The molecule has 130 valence electrons. The van der Waals surface area contributed by atoms with E-state index in [1.165, 1.54) is 0 Å². The van der Waals surface area contributed by atoms with E-state index >= 15 is 0 Å². The third kappa shape index (κ3) is 5.70. The second-order valence-electron chi connectivity index (χ2n) is 6.13. The molecule has 5 heteroatoms. The lowest BCUT2D eigenvalue weighted by Crippen LogP contribution is -2.48. The van der Waals surface area contributed by atoms with Gasteiger partial charge in [-0.1, -0.05) is 19.1 Å². The lowest BCUT2D eigenvalue weighted by molar-refractivity contribution is -0.136. The predicted octanol–water partition coefficient (Wildman–Crippen LogP) is 3.09. The number of piperidine rings is 1. The Labute approximate surface area is 146 Å². The van der Waals surface area contributed by atoms with Crippen molar-refractivity contribution in [2.24, 2.45) is 0 Å². The molecule has 1 heterocycles. The van der Waals surface area contributed by atoms with Gasteiger partial charge in [0.05, 0.1) is 0 Å². The zero-order valence-corrected chi connectivity index (χ0v) is 15.2. The number of aryl methyl sites for hydroxylation is 2. The van der Waals surface area contributed by atoms with Gasteiger partial charge in [0.1, 0.15) is 5.75 Å². The van der Waals surface area contributed by atoms with Crippen LogP contribution in [0.25, 0.3) is 0 Å². The third-order valence-corrected chi connectivity index (χ3v) is 4.23. The summed E-state index contributed by atoms with van der Waals surface area (Å²) in [6.07, 6.45) is 3.06. The van der Waals surface area contributed by atoms with Crippen molar-refractivity contribution in [3.05, 3.63) is 29.3 Å². The molecule has 0 unspecified atom stereocenters. The van der Waals surface area contributed by atoms with Gasteiger partial charge in [-0.3, -0.25) is 4.79 Å². The first kappa shape index (κ1) is 19.8. The van der Waals surface area contributed by atoms with E-state index in [0.29, 0.717) is 6.04 Å². The maximum absolute atomic E-state index is 12.6. The Hall–Kier alpha value is -1.26. The first-order valence-corrected chi connectivity index (χ1v) is 8.32. The van der Waals surface area contributed by atoms with Crippen LogP contribution in [0.15, 0.2) is 18.2 Å². The summed E-state index contributed by atoms with van der Waals surface area (Å²) in [7, 11) is 0. The molecular weight excluding hydrogens is 312 g/mol. The Kier molecular flexibility index (Phi) is 8.42. The third-order valence-electron chi connectivity index (χ3n) is 4.23. The summed E-state index contributed by atoms with van der Waals surface area (Å²) in [5.41, 5.74) is 2.22. The fourth-order valence-corrected chi connectivity index (χ4v) is 2.96. The van der Waals surface area contributed by atoms with E-state index in [2.05, 4.69) is 18.3 Å². The van der Waals surface area contributed by atoms with Gasteiger partial charge in [-0.05, 0) is 63.4 Å². The average Bonchev–Trinajstić information content (AvgIpc) is 2.54. The van der Waals surface area contributed by atoms with Crippen LogP contribution >= 0.6 is 12.4 Å². The van der Waals surface area contributed by atoms with Gasteiger partial charge in [-0.25, -0.2) is 0 Å². The molecule has 0 atom stereocenters. The molecule has 1 aromatic rings. The number of hydrogen-bond donors (Lipinski definition) is 1. The van der Waals surface area contributed by atoms with Crippen LogP contribution in [0.4, 0.5) is 0 Å². The Morgan fingerprint density at radius 3 is 2.65 bits per heavy atom. The van der Waals surface area contributed by atoms with Crippen LogP contribution in [-0.4, -0.2) is 43.1 Å². The van der Waals surface area contributed by atoms with Crippen LogP contribution in [-0.2, 0) is 4.79 Å². The van der Waals surface area contributed by atoms with Gasteiger partial charge in [-0.2, -0.15) is 0 Å². The number of benzene rings is 1. The second kappa shape index (κ2) is 9.78. The molecule has 1 fully saturated rings. The molecule has 1 aliphatic rings. The Bertz CT molecular complexity index is 502. The van der Waals surface area contributed by atoms with Crippen LogP contribution in [0.2, 0.25) is 0 Å². The second-order valence-corrected chi connectivity index (χ2v) is 6.13. The number of nitrogens with zero attached hydrogens (tertiary/aromatic N) is 1. The largest absolute Gasteiger partial charge is 0.483 e. The predicted molar refractivity (Wildman–Crippen MR) is 96.6 cm³/mol. The van der Waals surface area contributed by atoms with Crippen molar-refractivity contribution in [3.8, 4) is 5.75 Å². The zero-order chi connectivity index (χ0) is 15.9. The molecule has 0 bridgehead atoms. The fourth-order valence-electron chi connectivity index (χ4n) is 2.96. The molecule has 1 aliphatic heterocycles. The van der Waals surface area contributed by atoms with Gasteiger partial charge < -0.3 is 15.0 Å². The maximum Gasteiger partial charge on any atom is 0.260 e. The van der Waals surface area contributed by atoms with E-state index in [0.717, 1.165) is 55.8 Å². The number of ether oxygens (including phenoxy) is 1. The Balaban J connectivity index is 0.00000264. The van der Waals surface area contributed by atoms with E-state index < -0.39 is 0 Å². The number of rotatable bonds is 6. The molecule has 1 saturated heterocycles. The van der Waals surface area contributed by atoms with Gasteiger partial charge in [-0.15, -0.1) is 12.4 Å². The number of amides is 1. The highest BCUT2D eigenvalue weighted by Gasteiger charge is 2.24. The quantitative estimate of drug-likeness (QED) is 0.865. The summed E-state index contributed by atoms with van der Waals surface area (Å²) in [5, 5.41) is 3.35. The highest BCUT2D eigenvalue weighted by Crippen LogP contribution is 2.20. The van der Waals surface area contributed by atoms with Crippen LogP contribution in [0.3, 0.4) is 0 Å². The summed E-state index contributed by atoms with van der Waals surface area (Å²) in [5.74, 6) is 0.921. The molecule has 1 aromatic carbocycles. The fraction of sp³-hybridized carbons (Fsp3) is 0.611. The number of nitrogens with one attached hydrogen (secondary N) is 1. The number of carbonyl (C=O) groups is 1. The SMILES string of the molecule is CCCN(C(=O)COc1cc(C)ccc1C)C1CCNCC1.Cl. The monoisotopic (exact) mass is 340 g/mol. The lowest BCUT2D eigenvalue weighted by atomic mass is 10.0. The molecule has 0 aliphatic carbocycles. The van der Waals surface area contributed by atoms with Gasteiger partial charge in [0.2, 0.25) is 0 Å². The minimum absolute atomic E-state index is 0. The van der Waals surface area contributed by atoms with Gasteiger partial charge in [0, 0.05) is 12.6 Å². The summed E-state index contributed by atoms with van der Waals surface area (Å²) in [4.78, 5) is 14.6. The van der Waals surface area contributed by atoms with Crippen LogP contribution in [0.1, 0.15) is 37.3 Å². The van der Waals surface area contributed by atoms with E-state index in [1.807, 2.05) is 30.9 Å². The summed E-state index contributed by atoms with van der Waals surface area (Å²) in [6.45, 7) is 9.11. The van der Waals surface area contributed by atoms with Crippen molar-refractivity contribution in [3.63, 3.8) is 0 Å². The normalized spacial score (nSPS) is 14.9. The number of halogens is 1. The van der Waals surface area contributed by atoms with Crippen molar-refractivity contribution >= 4 is 18.3 Å². The first-order valence-electron chi connectivity index (χ1n) is 8.32. The first-order chi connectivity index (χ1) is 10.6. The Morgan fingerprint density at radius 2 is 2.00 bits per heavy atom. The van der Waals surface area contributed by atoms with E-state index in [4.69, 9.17) is 4.74 Å². The van der Waals surface area contributed by atoms with Crippen LogP contribution < -0.4 is 10.1 Å². The van der Waals surface area contributed by atoms with Crippen molar-refractivity contribution in [2.75, 3.05) is 26.2 Å². The van der Waals surface area contributed by atoms with Crippen molar-refractivity contribution < 1.29 is 9.53 Å². The molecule has 1 amide bonds. The molecule has 2 rings (SSSR count). The minimum atomic E-state index is 0. The van der Waals surface area contributed by atoms with E-state index in [9.17, 15) is 4.79 Å². The highest BCUT2D eigenvalue weighted by atomic mass is 35.5. The summed E-state index contributed by atoms with van der Waals surface area (Å²) in [6, 6.07) is 6.45. The van der Waals surface area contributed by atoms with Gasteiger partial charge in [0.25, 0.3) is 5.91 Å². The zero-order valence-electron chi connectivity index (χ0n) is 14.4. The van der Waals surface area contributed by atoms with Crippen molar-refractivity contribution in [2.45, 2.75) is 46.1 Å². The summed E-state index contributed by atoms with van der Waals surface area (Å²) < 4.78 is 5.79. The van der Waals surface area contributed by atoms with E-state index in [-0.39, 0.29) is 24.9 Å². The Morgan fingerprint density at radius 1 is 1.30 bits per heavy atom. The standard InChI is InChI=1S/C18H28N2O2.ClH/c1-4-11-20(16-7-9-19-10-8-16)18(21)13-22-17-12-14(2)5-6-15(17)3;/h5-6,12,16,19H,4,7-11,13H2,1-3H3;1H. The lowest BCUT2D eigenvalue weighted by Gasteiger charge is -2.34. The topological polar surface area (TPSA) is 41.6 Å². The molecule has 4 nitrogen and oxygen atoms in total. The van der Waals surface area contributed by atoms with Crippen LogP contribution in [0, 0.1) is 13.8 Å². The van der Waals surface area contributed by atoms with Crippen LogP contribution in [0.5, 0.6) is 5.75 Å². The van der Waals surface area contributed by atoms with Crippen molar-refractivity contribution in [1.82, 2.24) is 10.2 Å².